The number of carbonyl (C=O) groups is 2. The lowest BCUT2D eigenvalue weighted by atomic mass is 10.1. The first kappa shape index (κ1) is 21.0. The van der Waals surface area contributed by atoms with Gasteiger partial charge >= 0.3 is 0 Å². The van der Waals surface area contributed by atoms with Crippen molar-refractivity contribution < 1.29 is 19.1 Å². The first-order valence-corrected chi connectivity index (χ1v) is 11.5. The fourth-order valence-corrected chi connectivity index (χ4v) is 5.06. The topological polar surface area (TPSA) is 67.9 Å². The van der Waals surface area contributed by atoms with Crippen molar-refractivity contribution >= 4 is 58.2 Å². The molecule has 9 heteroatoms. The summed E-state index contributed by atoms with van der Waals surface area (Å²) in [5, 5.41) is 3.35. The van der Waals surface area contributed by atoms with Gasteiger partial charge in [0.15, 0.2) is 11.5 Å². The van der Waals surface area contributed by atoms with Gasteiger partial charge in [-0.3, -0.25) is 14.5 Å². The van der Waals surface area contributed by atoms with Crippen LogP contribution in [0.2, 0.25) is 10.0 Å². The van der Waals surface area contributed by atoms with E-state index >= 15 is 0 Å². The van der Waals surface area contributed by atoms with Crippen molar-refractivity contribution in [3.8, 4) is 11.5 Å². The summed E-state index contributed by atoms with van der Waals surface area (Å²) in [5.74, 6) is 1.34. The fourth-order valence-electron chi connectivity index (χ4n) is 3.60. The van der Waals surface area contributed by atoms with Crippen molar-refractivity contribution in [2.45, 2.75) is 5.37 Å². The number of hydrogen-bond acceptors (Lipinski definition) is 5. The normalized spacial score (nSPS) is 17.0. The summed E-state index contributed by atoms with van der Waals surface area (Å²) in [6.07, 6.45) is 0. The number of hydrogen-bond donors (Lipinski definition) is 1. The van der Waals surface area contributed by atoms with Gasteiger partial charge in [-0.25, -0.2) is 0 Å². The van der Waals surface area contributed by atoms with E-state index in [1.54, 1.807) is 29.2 Å². The van der Waals surface area contributed by atoms with Crippen LogP contribution in [0.4, 0.5) is 11.4 Å². The van der Waals surface area contributed by atoms with Gasteiger partial charge in [-0.15, -0.1) is 11.8 Å². The van der Waals surface area contributed by atoms with Gasteiger partial charge in [-0.05, 0) is 48.0 Å². The summed E-state index contributed by atoms with van der Waals surface area (Å²) in [6.45, 7) is 0.172. The zero-order chi connectivity index (χ0) is 22.2. The fraction of sp³-hybridized carbons (Fsp3) is 0.130. The Bertz CT molecular complexity index is 1240. The van der Waals surface area contributed by atoms with Crippen LogP contribution >= 0.6 is 35.0 Å². The third kappa shape index (κ3) is 3.99. The van der Waals surface area contributed by atoms with Crippen LogP contribution in [-0.4, -0.2) is 24.4 Å². The summed E-state index contributed by atoms with van der Waals surface area (Å²) in [6, 6.07) is 17.6. The molecule has 2 aliphatic rings. The van der Waals surface area contributed by atoms with E-state index in [9.17, 15) is 9.59 Å². The highest BCUT2D eigenvalue weighted by atomic mass is 35.5. The zero-order valence-corrected chi connectivity index (χ0v) is 18.8. The second-order valence-corrected chi connectivity index (χ2v) is 9.06. The number of fused-ring (bicyclic) bond motifs is 1. The molecule has 1 fully saturated rings. The van der Waals surface area contributed by atoms with Crippen LogP contribution < -0.4 is 19.7 Å². The lowest BCUT2D eigenvalue weighted by Crippen LogP contribution is -2.27. The number of amides is 2. The minimum absolute atomic E-state index is 0.00381. The van der Waals surface area contributed by atoms with Crippen LogP contribution in [0.25, 0.3) is 0 Å². The Balaban J connectivity index is 1.40. The zero-order valence-electron chi connectivity index (χ0n) is 16.5. The van der Waals surface area contributed by atoms with Crippen LogP contribution in [0.15, 0.2) is 60.7 Å². The predicted octanol–water partition coefficient (Wildman–Crippen LogP) is 5.75. The minimum Gasteiger partial charge on any atom is -0.454 e. The van der Waals surface area contributed by atoms with E-state index in [4.69, 9.17) is 32.7 Å². The quantitative estimate of drug-likeness (QED) is 0.508. The first-order valence-electron chi connectivity index (χ1n) is 9.69. The third-order valence-electron chi connectivity index (χ3n) is 5.11. The molecule has 1 N–H and O–H groups in total. The molecule has 1 saturated heterocycles. The third-order valence-corrected chi connectivity index (χ3v) is 7.07. The number of benzene rings is 3. The molecular formula is C23H16Cl2N2O4S. The van der Waals surface area contributed by atoms with Gasteiger partial charge in [0, 0.05) is 23.0 Å². The van der Waals surface area contributed by atoms with Crippen LogP contribution in [0, 0.1) is 0 Å². The van der Waals surface area contributed by atoms with Crippen molar-refractivity contribution in [2.75, 3.05) is 22.8 Å². The number of nitrogens with one attached hydrogen (secondary N) is 1. The summed E-state index contributed by atoms with van der Waals surface area (Å²) < 4.78 is 10.8. The number of halogens is 2. The highest BCUT2D eigenvalue weighted by Crippen LogP contribution is 2.45. The Kier molecular flexibility index (Phi) is 5.63. The summed E-state index contributed by atoms with van der Waals surface area (Å²) in [7, 11) is 0. The molecule has 2 amide bonds. The van der Waals surface area contributed by atoms with E-state index in [1.165, 1.54) is 17.8 Å². The van der Waals surface area contributed by atoms with E-state index in [2.05, 4.69) is 5.32 Å². The molecule has 162 valence electrons. The molecule has 0 spiro atoms. The van der Waals surface area contributed by atoms with Crippen molar-refractivity contribution in [1.29, 1.82) is 0 Å². The number of nitrogens with zero attached hydrogens (tertiary/aromatic N) is 1. The Hall–Kier alpha value is -2.87. The molecule has 0 radical (unpaired) electrons. The van der Waals surface area contributed by atoms with Gasteiger partial charge in [-0.1, -0.05) is 35.3 Å². The number of carbonyl (C=O) groups excluding carboxylic acids is 2. The SMILES string of the molecule is O=C(Nc1cccc(C2SCC(=O)N2c2ccc3c(c2)OCO3)c1)c1ccc(Cl)c(Cl)c1. The van der Waals surface area contributed by atoms with Gasteiger partial charge in [-0.2, -0.15) is 0 Å². The van der Waals surface area contributed by atoms with Crippen LogP contribution in [-0.2, 0) is 4.79 Å². The molecule has 6 nitrogen and oxygen atoms in total. The maximum absolute atomic E-state index is 12.7. The molecule has 32 heavy (non-hydrogen) atoms. The highest BCUT2D eigenvalue weighted by Gasteiger charge is 2.35. The van der Waals surface area contributed by atoms with Crippen molar-refractivity contribution in [2.24, 2.45) is 0 Å². The molecule has 0 aromatic heterocycles. The average molecular weight is 487 g/mol. The molecule has 3 aromatic carbocycles. The summed E-state index contributed by atoms with van der Waals surface area (Å²) in [4.78, 5) is 27.1. The molecule has 5 rings (SSSR count). The number of thioether (sulfide) groups is 1. The minimum atomic E-state index is -0.302. The lowest BCUT2D eigenvalue weighted by Gasteiger charge is -2.25. The number of ether oxygens (including phenoxy) is 2. The van der Waals surface area contributed by atoms with E-state index in [-0.39, 0.29) is 24.0 Å². The van der Waals surface area contributed by atoms with E-state index < -0.39 is 0 Å². The van der Waals surface area contributed by atoms with Gasteiger partial charge < -0.3 is 14.8 Å². The molecule has 1 unspecified atom stereocenters. The second-order valence-electron chi connectivity index (χ2n) is 7.17. The average Bonchev–Trinajstić information content (AvgIpc) is 3.41. The van der Waals surface area contributed by atoms with E-state index in [0.717, 1.165) is 11.3 Å². The van der Waals surface area contributed by atoms with E-state index in [0.29, 0.717) is 38.5 Å². The molecular weight excluding hydrogens is 471 g/mol. The number of rotatable bonds is 4. The Morgan fingerprint density at radius 2 is 1.84 bits per heavy atom. The Labute approximate surface area is 198 Å². The largest absolute Gasteiger partial charge is 0.454 e. The maximum Gasteiger partial charge on any atom is 0.255 e. The van der Waals surface area contributed by atoms with Crippen molar-refractivity contribution in [1.82, 2.24) is 0 Å². The molecule has 3 aromatic rings. The number of anilines is 2. The molecule has 2 aliphatic heterocycles. The molecule has 0 aliphatic carbocycles. The highest BCUT2D eigenvalue weighted by molar-refractivity contribution is 8.00. The summed E-state index contributed by atoms with van der Waals surface area (Å²) >= 11 is 13.5. The monoisotopic (exact) mass is 486 g/mol. The second kappa shape index (κ2) is 8.58. The van der Waals surface area contributed by atoms with Gasteiger partial charge in [0.1, 0.15) is 5.37 Å². The molecule has 0 bridgehead atoms. The first-order chi connectivity index (χ1) is 15.5. The molecule has 0 saturated carbocycles. The maximum atomic E-state index is 12.7. The van der Waals surface area contributed by atoms with Gasteiger partial charge in [0.25, 0.3) is 5.91 Å². The Morgan fingerprint density at radius 1 is 1.00 bits per heavy atom. The van der Waals surface area contributed by atoms with Crippen LogP contribution in [0.3, 0.4) is 0 Å². The van der Waals surface area contributed by atoms with Crippen molar-refractivity contribution in [3.05, 3.63) is 81.8 Å². The molecule has 1 atom stereocenters. The Morgan fingerprint density at radius 3 is 2.69 bits per heavy atom. The molecule has 2 heterocycles. The summed E-state index contributed by atoms with van der Waals surface area (Å²) in [5.41, 5.74) is 2.64. The van der Waals surface area contributed by atoms with Crippen LogP contribution in [0.5, 0.6) is 11.5 Å². The van der Waals surface area contributed by atoms with Gasteiger partial charge in [0.2, 0.25) is 12.7 Å². The predicted molar refractivity (Wildman–Crippen MR) is 126 cm³/mol. The van der Waals surface area contributed by atoms with E-state index in [1.807, 2.05) is 30.3 Å². The van der Waals surface area contributed by atoms with Crippen molar-refractivity contribution in [3.63, 3.8) is 0 Å². The standard InChI is InChI=1S/C23H16Cl2N2O4S/c24-17-6-4-13(9-18(17)25)22(29)26-15-3-1-2-14(8-15)23-27(21(28)11-32-23)16-5-7-19-20(10-16)31-12-30-19/h1-10,23H,11-12H2,(H,26,29). The van der Waals surface area contributed by atoms with Crippen LogP contribution in [0.1, 0.15) is 21.3 Å². The lowest BCUT2D eigenvalue weighted by molar-refractivity contribution is -0.115. The smallest absolute Gasteiger partial charge is 0.255 e. The van der Waals surface area contributed by atoms with Gasteiger partial charge in [0.05, 0.1) is 15.8 Å².